The van der Waals surface area contributed by atoms with E-state index in [2.05, 4.69) is 22.0 Å². The predicted molar refractivity (Wildman–Crippen MR) is 156 cm³/mol. The van der Waals surface area contributed by atoms with E-state index < -0.39 is 18.1 Å². The molecule has 0 bridgehead atoms. The van der Waals surface area contributed by atoms with Crippen molar-refractivity contribution in [3.8, 4) is 0 Å². The number of nitrogens with one attached hydrogen (secondary N) is 3. The summed E-state index contributed by atoms with van der Waals surface area (Å²) in [6, 6.07) is 11.7. The lowest BCUT2D eigenvalue weighted by atomic mass is 10.0. The highest BCUT2D eigenvalue weighted by atomic mass is 19.1. The van der Waals surface area contributed by atoms with Crippen LogP contribution in [0.25, 0.3) is 0 Å². The molecule has 224 valence electrons. The molecule has 2 aromatic rings. The molecule has 0 radical (unpaired) electrons. The smallest absolute Gasteiger partial charge is 0.247 e. The Balaban J connectivity index is 1.31. The summed E-state index contributed by atoms with van der Waals surface area (Å²) in [6.45, 7) is 2.13. The quantitative estimate of drug-likeness (QED) is 0.446. The number of hydrogen-bond donors (Lipinski definition) is 3. The van der Waals surface area contributed by atoms with Crippen LogP contribution in [-0.4, -0.2) is 77.7 Å². The molecule has 2 aromatic carbocycles. The molecule has 3 N–H and O–H groups in total. The van der Waals surface area contributed by atoms with Gasteiger partial charge in [-0.1, -0.05) is 36.4 Å². The van der Waals surface area contributed by atoms with Gasteiger partial charge in [0.1, 0.15) is 17.9 Å². The van der Waals surface area contributed by atoms with E-state index in [1.165, 1.54) is 17.7 Å². The number of benzene rings is 2. The molecule has 42 heavy (non-hydrogen) atoms. The third-order valence-electron chi connectivity index (χ3n) is 8.98. The molecule has 3 aliphatic rings. The zero-order valence-corrected chi connectivity index (χ0v) is 24.3. The number of carbonyl (C=O) groups excluding carboxylic acids is 4. The number of carbonyl (C=O) groups is 4. The summed E-state index contributed by atoms with van der Waals surface area (Å²) in [7, 11) is 1.66. The minimum atomic E-state index is -0.980. The molecule has 9 nitrogen and oxygen atoms in total. The van der Waals surface area contributed by atoms with Crippen LogP contribution in [0.1, 0.15) is 61.8 Å². The number of rotatable bonds is 8. The van der Waals surface area contributed by atoms with Crippen LogP contribution < -0.4 is 16.0 Å². The standard InChI is InChI=1S/C32H40FN5O4/c1-20(34-2)30(40)36-27-19-37(29(39)16-9-21-7-11-23(33)12-8-21)18-17-24-13-15-28(38(24)32(27)42)31(41)35-26-14-10-22-5-3-4-6-25(22)26/h3-8,11-12,20,24,26-28,34H,9-10,13-19H2,1-2H3,(H,35,41)(H,36,40)/t20-,24+,26+,27-,28-/m0/s1. The van der Waals surface area contributed by atoms with Gasteiger partial charge in [0.2, 0.25) is 23.6 Å². The Labute approximate surface area is 246 Å². The topological polar surface area (TPSA) is 111 Å². The lowest BCUT2D eigenvalue weighted by molar-refractivity contribution is -0.147. The fraction of sp³-hybridized carbons (Fsp3) is 0.500. The van der Waals surface area contributed by atoms with E-state index in [1.54, 1.807) is 35.9 Å². The van der Waals surface area contributed by atoms with Crippen LogP contribution >= 0.6 is 0 Å². The average molecular weight is 578 g/mol. The number of hydrogen-bond acceptors (Lipinski definition) is 5. The van der Waals surface area contributed by atoms with Crippen LogP contribution in [0.4, 0.5) is 4.39 Å². The van der Waals surface area contributed by atoms with Crippen LogP contribution in [-0.2, 0) is 32.0 Å². The third-order valence-corrected chi connectivity index (χ3v) is 8.98. The fourth-order valence-corrected chi connectivity index (χ4v) is 6.43. The molecule has 10 heteroatoms. The summed E-state index contributed by atoms with van der Waals surface area (Å²) in [4.78, 5) is 57.3. The van der Waals surface area contributed by atoms with Gasteiger partial charge in [-0.25, -0.2) is 4.39 Å². The highest BCUT2D eigenvalue weighted by molar-refractivity contribution is 5.94. The monoisotopic (exact) mass is 577 g/mol. The highest BCUT2D eigenvalue weighted by Crippen LogP contribution is 2.33. The van der Waals surface area contributed by atoms with Gasteiger partial charge in [-0.05, 0) is 81.3 Å². The lowest BCUT2D eigenvalue weighted by Gasteiger charge is -2.39. The first-order valence-electron chi connectivity index (χ1n) is 15.0. The molecule has 5 atom stereocenters. The first-order chi connectivity index (χ1) is 20.2. The van der Waals surface area contributed by atoms with E-state index in [0.29, 0.717) is 32.2 Å². The maximum absolute atomic E-state index is 14.1. The molecule has 1 aliphatic carbocycles. The van der Waals surface area contributed by atoms with Gasteiger partial charge in [-0.2, -0.15) is 0 Å². The van der Waals surface area contributed by atoms with Gasteiger partial charge in [0.15, 0.2) is 0 Å². The first-order valence-corrected chi connectivity index (χ1v) is 15.0. The van der Waals surface area contributed by atoms with E-state index in [9.17, 15) is 23.6 Å². The summed E-state index contributed by atoms with van der Waals surface area (Å²) in [6.07, 6.45) is 4.11. The number of amides is 4. The van der Waals surface area contributed by atoms with Gasteiger partial charge in [-0.15, -0.1) is 0 Å². The van der Waals surface area contributed by atoms with Crippen molar-refractivity contribution in [3.05, 3.63) is 71.0 Å². The second kappa shape index (κ2) is 13.0. The van der Waals surface area contributed by atoms with Crippen LogP contribution in [0.3, 0.4) is 0 Å². The van der Waals surface area contributed by atoms with Crippen molar-refractivity contribution >= 4 is 23.6 Å². The Bertz CT molecular complexity index is 1320. The van der Waals surface area contributed by atoms with Crippen molar-refractivity contribution in [2.24, 2.45) is 0 Å². The van der Waals surface area contributed by atoms with Crippen molar-refractivity contribution in [2.75, 3.05) is 20.1 Å². The van der Waals surface area contributed by atoms with Crippen molar-refractivity contribution in [2.45, 2.75) is 82.1 Å². The molecule has 0 saturated carbocycles. The number of halogens is 1. The minimum Gasteiger partial charge on any atom is -0.347 e. The normalized spacial score (nSPS) is 24.3. The van der Waals surface area contributed by atoms with Gasteiger partial charge in [0.05, 0.1) is 12.1 Å². The van der Waals surface area contributed by atoms with Gasteiger partial charge in [0, 0.05) is 25.6 Å². The zero-order chi connectivity index (χ0) is 29.8. The first kappa shape index (κ1) is 29.7. The summed E-state index contributed by atoms with van der Waals surface area (Å²) < 4.78 is 13.3. The minimum absolute atomic E-state index is 0.0246. The molecule has 2 heterocycles. The molecular formula is C32H40FN5O4. The van der Waals surface area contributed by atoms with Crippen molar-refractivity contribution in [1.82, 2.24) is 25.8 Å². The second-order valence-corrected chi connectivity index (χ2v) is 11.6. The number of likely N-dealkylation sites (N-methyl/N-ethyl adjacent to an activating group) is 1. The van der Waals surface area contributed by atoms with E-state index in [0.717, 1.165) is 24.0 Å². The van der Waals surface area contributed by atoms with Crippen molar-refractivity contribution in [3.63, 3.8) is 0 Å². The summed E-state index contributed by atoms with van der Waals surface area (Å²) in [5, 5.41) is 8.93. The average Bonchev–Trinajstić information content (AvgIpc) is 3.60. The van der Waals surface area contributed by atoms with Crippen molar-refractivity contribution < 1.29 is 23.6 Å². The van der Waals surface area contributed by atoms with Crippen LogP contribution in [0.15, 0.2) is 48.5 Å². The van der Waals surface area contributed by atoms with Crippen LogP contribution in [0, 0.1) is 5.82 Å². The molecule has 0 aromatic heterocycles. The molecule has 2 saturated heterocycles. The SMILES string of the molecule is CN[C@@H](C)C(=O)N[C@H]1CN(C(=O)CCc2ccc(F)cc2)CC[C@H]2CC[C@@H](C(=O)N[C@@H]3CCc4ccccc43)N2C1=O. The third kappa shape index (κ3) is 6.48. The Morgan fingerprint density at radius 1 is 0.976 bits per heavy atom. The van der Waals surface area contributed by atoms with E-state index in [-0.39, 0.29) is 54.5 Å². The number of fused-ring (bicyclic) bond motifs is 2. The van der Waals surface area contributed by atoms with Gasteiger partial charge in [0.25, 0.3) is 0 Å². The number of aryl methyl sites for hydroxylation is 2. The molecule has 2 fully saturated rings. The second-order valence-electron chi connectivity index (χ2n) is 11.6. The molecule has 0 unspecified atom stereocenters. The van der Waals surface area contributed by atoms with Gasteiger partial charge < -0.3 is 25.8 Å². The fourth-order valence-electron chi connectivity index (χ4n) is 6.43. The zero-order valence-electron chi connectivity index (χ0n) is 24.3. The molecule has 4 amide bonds. The maximum Gasteiger partial charge on any atom is 0.247 e. The Morgan fingerprint density at radius 2 is 1.74 bits per heavy atom. The van der Waals surface area contributed by atoms with Gasteiger partial charge >= 0.3 is 0 Å². The molecule has 0 spiro atoms. The van der Waals surface area contributed by atoms with Gasteiger partial charge in [-0.3, -0.25) is 19.2 Å². The molecular weight excluding hydrogens is 537 g/mol. The Hall–Kier alpha value is -3.79. The summed E-state index contributed by atoms with van der Waals surface area (Å²) >= 11 is 0. The largest absolute Gasteiger partial charge is 0.347 e. The Morgan fingerprint density at radius 3 is 2.50 bits per heavy atom. The van der Waals surface area contributed by atoms with Crippen LogP contribution in [0.2, 0.25) is 0 Å². The summed E-state index contributed by atoms with van der Waals surface area (Å²) in [5.41, 5.74) is 3.21. The summed E-state index contributed by atoms with van der Waals surface area (Å²) in [5.74, 6) is -1.32. The van der Waals surface area contributed by atoms with E-state index >= 15 is 0 Å². The lowest BCUT2D eigenvalue weighted by Crippen LogP contribution is -2.62. The van der Waals surface area contributed by atoms with E-state index in [1.807, 2.05) is 18.2 Å². The molecule has 2 aliphatic heterocycles. The van der Waals surface area contributed by atoms with Crippen molar-refractivity contribution in [1.29, 1.82) is 0 Å². The predicted octanol–water partition coefficient (Wildman–Crippen LogP) is 2.25. The highest BCUT2D eigenvalue weighted by Gasteiger charge is 2.46. The van der Waals surface area contributed by atoms with E-state index in [4.69, 9.17) is 0 Å². The number of nitrogens with zero attached hydrogens (tertiary/aromatic N) is 2. The molecule has 5 rings (SSSR count). The van der Waals surface area contributed by atoms with Crippen LogP contribution in [0.5, 0.6) is 0 Å². The Kier molecular flexibility index (Phi) is 9.21. The maximum atomic E-state index is 14.1.